The quantitative estimate of drug-likeness (QED) is 0.162. The van der Waals surface area contributed by atoms with Gasteiger partial charge in [-0.3, -0.25) is 4.79 Å². The number of rotatable bonds is 9. The van der Waals surface area contributed by atoms with Gasteiger partial charge in [-0.1, -0.05) is 61.9 Å². The van der Waals surface area contributed by atoms with Crippen molar-refractivity contribution in [3.05, 3.63) is 101 Å². The Labute approximate surface area is 230 Å². The van der Waals surface area contributed by atoms with Crippen LogP contribution in [0.4, 0.5) is 0 Å². The second-order valence-corrected chi connectivity index (χ2v) is 9.49. The molecule has 0 saturated heterocycles. The number of nitrogens with zero attached hydrogens (tertiary/aromatic N) is 7. The standard InChI is InChI=1S/C30H26N8O2/c1-2-3-11-28-31-25-17-24(27-10-6-7-16-38(27)40)26(19-39)32-30(25)37(28)18-20-12-14-21(15-13-20)22-8-4-5-9-23(22)29-33-35-36-34-29/h4-10,12-17,19H,2-3,11,18H2,1H3,(H,33,34,35,36). The number of aryl methyl sites for hydroxylation is 1. The molecule has 0 spiro atoms. The first kappa shape index (κ1) is 25.1. The summed E-state index contributed by atoms with van der Waals surface area (Å²) in [6, 6.07) is 23.1. The molecule has 198 valence electrons. The Balaban J connectivity index is 1.38. The molecule has 1 N–H and O–H groups in total. The zero-order valence-electron chi connectivity index (χ0n) is 21.9. The van der Waals surface area contributed by atoms with Gasteiger partial charge in [0.25, 0.3) is 0 Å². The maximum atomic E-state index is 12.4. The van der Waals surface area contributed by atoms with Crippen molar-refractivity contribution in [1.29, 1.82) is 0 Å². The molecule has 0 aliphatic heterocycles. The first-order chi connectivity index (χ1) is 19.7. The van der Waals surface area contributed by atoms with Gasteiger partial charge < -0.3 is 9.77 Å². The molecule has 2 aromatic carbocycles. The van der Waals surface area contributed by atoms with E-state index in [2.05, 4.69) is 56.4 Å². The minimum atomic E-state index is 0.208. The summed E-state index contributed by atoms with van der Waals surface area (Å²) in [5, 5.41) is 26.9. The van der Waals surface area contributed by atoms with E-state index < -0.39 is 0 Å². The van der Waals surface area contributed by atoms with E-state index in [4.69, 9.17) is 9.97 Å². The number of benzene rings is 2. The summed E-state index contributed by atoms with van der Waals surface area (Å²) in [5.41, 5.74) is 6.31. The fourth-order valence-electron chi connectivity index (χ4n) is 4.91. The second-order valence-electron chi connectivity index (χ2n) is 9.49. The van der Waals surface area contributed by atoms with Gasteiger partial charge in [-0.2, -0.15) is 9.94 Å². The molecule has 4 aromatic heterocycles. The number of carbonyl (C=O) groups is 1. The molecular weight excluding hydrogens is 504 g/mol. The predicted octanol–water partition coefficient (Wildman–Crippen LogP) is 4.78. The molecule has 40 heavy (non-hydrogen) atoms. The Morgan fingerprint density at radius 3 is 2.50 bits per heavy atom. The van der Waals surface area contributed by atoms with E-state index in [0.717, 1.165) is 52.1 Å². The number of aromatic nitrogens is 8. The molecule has 10 nitrogen and oxygen atoms in total. The van der Waals surface area contributed by atoms with Crippen molar-refractivity contribution in [3.63, 3.8) is 0 Å². The van der Waals surface area contributed by atoms with Crippen molar-refractivity contribution in [2.75, 3.05) is 0 Å². The van der Waals surface area contributed by atoms with Crippen molar-refractivity contribution >= 4 is 17.5 Å². The van der Waals surface area contributed by atoms with Crippen LogP contribution in [-0.2, 0) is 13.0 Å². The van der Waals surface area contributed by atoms with Gasteiger partial charge >= 0.3 is 0 Å². The lowest BCUT2D eigenvalue weighted by Gasteiger charge is -2.11. The van der Waals surface area contributed by atoms with Gasteiger partial charge in [0.05, 0.1) is 12.1 Å². The predicted molar refractivity (Wildman–Crippen MR) is 150 cm³/mol. The first-order valence-corrected chi connectivity index (χ1v) is 13.1. The summed E-state index contributed by atoms with van der Waals surface area (Å²) < 4.78 is 2.81. The molecule has 0 radical (unpaired) electrons. The number of tetrazole rings is 1. The van der Waals surface area contributed by atoms with Crippen molar-refractivity contribution in [3.8, 4) is 33.8 Å². The van der Waals surface area contributed by atoms with E-state index in [-0.39, 0.29) is 5.69 Å². The maximum absolute atomic E-state index is 12.4. The number of carbonyl (C=O) groups excluding carboxylic acids is 1. The summed E-state index contributed by atoms with van der Waals surface area (Å²) in [6.07, 6.45) is 4.88. The van der Waals surface area contributed by atoms with Crippen LogP contribution in [0.2, 0.25) is 0 Å². The molecular formula is C30H26N8O2. The van der Waals surface area contributed by atoms with Crippen LogP contribution in [0.25, 0.3) is 44.9 Å². The van der Waals surface area contributed by atoms with E-state index in [1.165, 1.54) is 6.20 Å². The van der Waals surface area contributed by atoms with Gasteiger partial charge in [-0.15, -0.1) is 10.2 Å². The van der Waals surface area contributed by atoms with E-state index in [1.54, 1.807) is 24.3 Å². The van der Waals surface area contributed by atoms with Crippen LogP contribution in [0.1, 0.15) is 41.6 Å². The largest absolute Gasteiger partial charge is 0.618 e. The van der Waals surface area contributed by atoms with E-state index in [1.807, 2.05) is 24.3 Å². The molecule has 0 aliphatic rings. The Morgan fingerprint density at radius 2 is 1.77 bits per heavy atom. The number of fused-ring (bicyclic) bond motifs is 1. The highest BCUT2D eigenvalue weighted by Crippen LogP contribution is 2.30. The highest BCUT2D eigenvalue weighted by molar-refractivity contribution is 5.90. The topological polar surface area (TPSA) is 129 Å². The van der Waals surface area contributed by atoms with Gasteiger partial charge in [0.2, 0.25) is 11.5 Å². The lowest BCUT2D eigenvalue weighted by Crippen LogP contribution is -2.28. The van der Waals surface area contributed by atoms with Gasteiger partial charge in [0, 0.05) is 24.1 Å². The number of unbranched alkanes of at least 4 members (excludes halogenated alkanes) is 1. The molecule has 0 fully saturated rings. The number of hydrogen-bond acceptors (Lipinski definition) is 7. The fourth-order valence-corrected chi connectivity index (χ4v) is 4.91. The van der Waals surface area contributed by atoms with Gasteiger partial charge in [-0.25, -0.2) is 9.97 Å². The SMILES string of the molecule is CCCCc1nc2cc(-c3cccc[n+]3[O-])c(C=O)nc2n1Cc1ccc(-c2ccccc2-c2nn[nH]n2)cc1. The summed E-state index contributed by atoms with van der Waals surface area (Å²) in [6.45, 7) is 2.68. The van der Waals surface area contributed by atoms with Crippen LogP contribution >= 0.6 is 0 Å². The van der Waals surface area contributed by atoms with Gasteiger partial charge in [-0.05, 0) is 40.5 Å². The Morgan fingerprint density at radius 1 is 0.975 bits per heavy atom. The first-order valence-electron chi connectivity index (χ1n) is 13.1. The normalized spacial score (nSPS) is 11.2. The molecule has 6 rings (SSSR count). The zero-order valence-corrected chi connectivity index (χ0v) is 21.9. The van der Waals surface area contributed by atoms with Crippen LogP contribution in [0.15, 0.2) is 79.0 Å². The number of aromatic amines is 1. The number of aldehydes is 1. The molecule has 0 atom stereocenters. The number of H-pyrrole nitrogens is 1. The number of nitrogens with one attached hydrogen (secondary N) is 1. The Hall–Kier alpha value is -5.25. The van der Waals surface area contributed by atoms with Crippen molar-refractivity contribution in [1.82, 2.24) is 35.2 Å². The average molecular weight is 531 g/mol. The zero-order chi connectivity index (χ0) is 27.5. The fraction of sp³-hybridized carbons (Fsp3) is 0.167. The highest BCUT2D eigenvalue weighted by atomic mass is 16.5. The Kier molecular flexibility index (Phi) is 6.80. The smallest absolute Gasteiger partial charge is 0.226 e. The molecule has 4 heterocycles. The third-order valence-electron chi connectivity index (χ3n) is 6.91. The molecule has 0 bridgehead atoms. The summed E-state index contributed by atoms with van der Waals surface area (Å²) in [7, 11) is 0. The molecule has 0 aliphatic carbocycles. The second kappa shape index (κ2) is 10.9. The lowest BCUT2D eigenvalue weighted by molar-refractivity contribution is -0.593. The minimum Gasteiger partial charge on any atom is -0.618 e. The number of imidazole rings is 1. The Bertz CT molecular complexity index is 1790. The van der Waals surface area contributed by atoms with Gasteiger partial charge in [0.15, 0.2) is 18.1 Å². The molecule has 0 amide bonds. The van der Waals surface area contributed by atoms with Crippen LogP contribution in [0, 0.1) is 5.21 Å². The lowest BCUT2D eigenvalue weighted by atomic mass is 9.98. The van der Waals surface area contributed by atoms with Crippen molar-refractivity contribution < 1.29 is 9.52 Å². The summed E-state index contributed by atoms with van der Waals surface area (Å²) in [5.74, 6) is 1.44. The molecule has 0 saturated carbocycles. The van der Waals surface area contributed by atoms with Crippen LogP contribution in [0.5, 0.6) is 0 Å². The third kappa shape index (κ3) is 4.71. The summed E-state index contributed by atoms with van der Waals surface area (Å²) >= 11 is 0. The van der Waals surface area contributed by atoms with Crippen LogP contribution in [0.3, 0.4) is 0 Å². The number of hydrogen-bond donors (Lipinski definition) is 1. The third-order valence-corrected chi connectivity index (χ3v) is 6.91. The number of pyridine rings is 2. The van der Waals surface area contributed by atoms with Gasteiger partial charge in [0.1, 0.15) is 17.0 Å². The molecule has 6 aromatic rings. The van der Waals surface area contributed by atoms with Crippen LogP contribution in [-0.4, -0.2) is 41.4 Å². The molecule has 0 unspecified atom stereocenters. The van der Waals surface area contributed by atoms with Crippen molar-refractivity contribution in [2.24, 2.45) is 0 Å². The monoisotopic (exact) mass is 530 g/mol. The van der Waals surface area contributed by atoms with E-state index >= 15 is 0 Å². The maximum Gasteiger partial charge on any atom is 0.226 e. The average Bonchev–Trinajstić information content (AvgIpc) is 3.64. The van der Waals surface area contributed by atoms with E-state index in [9.17, 15) is 10.0 Å². The van der Waals surface area contributed by atoms with E-state index in [0.29, 0.717) is 41.1 Å². The minimum absolute atomic E-state index is 0.208. The molecule has 10 heteroatoms. The van der Waals surface area contributed by atoms with Crippen LogP contribution < -0.4 is 4.73 Å². The summed E-state index contributed by atoms with van der Waals surface area (Å²) in [4.78, 5) is 21.7. The van der Waals surface area contributed by atoms with Crippen molar-refractivity contribution in [2.45, 2.75) is 32.7 Å². The highest BCUT2D eigenvalue weighted by Gasteiger charge is 2.20.